The number of halogens is 2. The fourth-order valence-electron chi connectivity index (χ4n) is 1.42. The van der Waals surface area contributed by atoms with Gasteiger partial charge in [-0.15, -0.1) is 0 Å². The number of carbonyl (C=O) groups is 1. The molecule has 0 aliphatic carbocycles. The molecule has 0 fully saturated rings. The number of ether oxygens (including phenoxy) is 1. The summed E-state index contributed by atoms with van der Waals surface area (Å²) >= 11 is 0. The molecule has 1 N–H and O–H groups in total. The van der Waals surface area contributed by atoms with E-state index in [0.717, 1.165) is 12.1 Å². The smallest absolute Gasteiger partial charge is 0.349 e. The Morgan fingerprint density at radius 1 is 1.58 bits per heavy atom. The largest absolute Gasteiger partial charge is 0.497 e. The van der Waals surface area contributed by atoms with E-state index in [1.54, 1.807) is 13.0 Å². The molecule has 0 saturated heterocycles. The third-order valence-corrected chi connectivity index (χ3v) is 2.59. The standard InChI is InChI=1S/C13H14F2N2O2/c1-3-10(8-16)17-12(18)13(14,15)9-5-4-6-11(7-9)19-2/h4-7,10H,3H2,1-2H3,(H,17,18)/t10-/m1/s1. The number of benzene rings is 1. The maximum atomic E-state index is 13.9. The van der Waals surface area contributed by atoms with Gasteiger partial charge in [0.25, 0.3) is 5.91 Å². The first-order valence-corrected chi connectivity index (χ1v) is 5.68. The second-order valence-corrected chi connectivity index (χ2v) is 3.87. The Bertz CT molecular complexity index is 498. The zero-order valence-corrected chi connectivity index (χ0v) is 10.6. The molecular formula is C13H14F2N2O2. The Morgan fingerprint density at radius 3 is 2.79 bits per heavy atom. The van der Waals surface area contributed by atoms with Gasteiger partial charge < -0.3 is 10.1 Å². The molecule has 0 heterocycles. The molecule has 0 aromatic heterocycles. The van der Waals surface area contributed by atoms with Crippen molar-refractivity contribution in [2.45, 2.75) is 25.3 Å². The highest BCUT2D eigenvalue weighted by atomic mass is 19.3. The highest BCUT2D eigenvalue weighted by molar-refractivity contribution is 5.85. The molecular weight excluding hydrogens is 254 g/mol. The first-order chi connectivity index (χ1) is 8.95. The minimum Gasteiger partial charge on any atom is -0.497 e. The molecule has 0 unspecified atom stereocenters. The Morgan fingerprint density at radius 2 is 2.26 bits per heavy atom. The van der Waals surface area contributed by atoms with E-state index in [4.69, 9.17) is 10.00 Å². The molecule has 0 aliphatic heterocycles. The second kappa shape index (κ2) is 6.14. The van der Waals surface area contributed by atoms with Crippen molar-refractivity contribution in [1.29, 1.82) is 5.26 Å². The maximum Gasteiger partial charge on any atom is 0.349 e. The quantitative estimate of drug-likeness (QED) is 0.890. The van der Waals surface area contributed by atoms with E-state index in [0.29, 0.717) is 0 Å². The fraction of sp³-hybridized carbons (Fsp3) is 0.385. The van der Waals surface area contributed by atoms with Crippen molar-refractivity contribution in [1.82, 2.24) is 5.32 Å². The molecule has 6 heteroatoms. The lowest BCUT2D eigenvalue weighted by molar-refractivity contribution is -0.147. The van der Waals surface area contributed by atoms with E-state index >= 15 is 0 Å². The van der Waals surface area contributed by atoms with Crippen LogP contribution in [0.2, 0.25) is 0 Å². The normalized spacial score (nSPS) is 12.4. The van der Waals surface area contributed by atoms with Gasteiger partial charge >= 0.3 is 5.92 Å². The minimum atomic E-state index is -3.71. The molecule has 1 aromatic carbocycles. The van der Waals surface area contributed by atoms with Crippen LogP contribution in [0.15, 0.2) is 24.3 Å². The number of carbonyl (C=O) groups excluding carboxylic acids is 1. The minimum absolute atomic E-state index is 0.234. The third-order valence-electron chi connectivity index (χ3n) is 2.59. The summed E-state index contributed by atoms with van der Waals surface area (Å²) in [7, 11) is 1.35. The van der Waals surface area contributed by atoms with E-state index in [1.807, 2.05) is 5.32 Å². The molecule has 102 valence electrons. The second-order valence-electron chi connectivity index (χ2n) is 3.87. The zero-order valence-electron chi connectivity index (χ0n) is 10.6. The first kappa shape index (κ1) is 14.9. The fourth-order valence-corrected chi connectivity index (χ4v) is 1.42. The number of nitrogens with zero attached hydrogens (tertiary/aromatic N) is 1. The van der Waals surface area contributed by atoms with Gasteiger partial charge in [0.15, 0.2) is 0 Å². The highest BCUT2D eigenvalue weighted by Gasteiger charge is 2.41. The van der Waals surface area contributed by atoms with E-state index in [2.05, 4.69) is 0 Å². The number of alkyl halides is 2. The van der Waals surface area contributed by atoms with Gasteiger partial charge in [-0.3, -0.25) is 4.79 Å². The summed E-state index contributed by atoms with van der Waals surface area (Å²) in [6, 6.07) is 5.91. The van der Waals surface area contributed by atoms with Crippen molar-refractivity contribution in [2.75, 3.05) is 7.11 Å². The lowest BCUT2D eigenvalue weighted by Crippen LogP contribution is -2.43. The van der Waals surface area contributed by atoms with Crippen molar-refractivity contribution in [3.05, 3.63) is 29.8 Å². The molecule has 4 nitrogen and oxygen atoms in total. The molecule has 19 heavy (non-hydrogen) atoms. The van der Waals surface area contributed by atoms with Crippen LogP contribution in [0.3, 0.4) is 0 Å². The molecule has 0 spiro atoms. The van der Waals surface area contributed by atoms with Crippen molar-refractivity contribution < 1.29 is 18.3 Å². The van der Waals surface area contributed by atoms with E-state index in [9.17, 15) is 13.6 Å². The van der Waals surface area contributed by atoms with Crippen molar-refractivity contribution in [3.8, 4) is 11.8 Å². The molecule has 1 aromatic rings. The molecule has 1 rings (SSSR count). The summed E-state index contributed by atoms with van der Waals surface area (Å²) in [6.45, 7) is 1.62. The van der Waals surface area contributed by atoms with Gasteiger partial charge in [0.05, 0.1) is 13.2 Å². The average molecular weight is 268 g/mol. The van der Waals surface area contributed by atoms with Gasteiger partial charge in [-0.2, -0.15) is 14.0 Å². The van der Waals surface area contributed by atoms with Gasteiger partial charge in [-0.1, -0.05) is 19.1 Å². The topological polar surface area (TPSA) is 62.1 Å². The Balaban J connectivity index is 2.96. The van der Waals surface area contributed by atoms with E-state index in [1.165, 1.54) is 19.2 Å². The van der Waals surface area contributed by atoms with Crippen molar-refractivity contribution in [3.63, 3.8) is 0 Å². The van der Waals surface area contributed by atoms with E-state index in [-0.39, 0.29) is 12.2 Å². The summed E-state index contributed by atoms with van der Waals surface area (Å²) < 4.78 is 32.7. The zero-order chi connectivity index (χ0) is 14.5. The van der Waals surface area contributed by atoms with Crippen LogP contribution in [0.25, 0.3) is 0 Å². The van der Waals surface area contributed by atoms with Crippen LogP contribution in [0, 0.1) is 11.3 Å². The van der Waals surface area contributed by atoms with Crippen molar-refractivity contribution in [2.24, 2.45) is 0 Å². The molecule has 0 aliphatic rings. The summed E-state index contributed by atoms with van der Waals surface area (Å²) in [5, 5.41) is 10.7. The predicted octanol–water partition coefficient (Wildman–Crippen LogP) is 2.21. The van der Waals surface area contributed by atoms with Crippen LogP contribution in [0.4, 0.5) is 8.78 Å². The predicted molar refractivity (Wildman–Crippen MR) is 64.7 cm³/mol. The Hall–Kier alpha value is -2.16. The van der Waals surface area contributed by atoms with Gasteiger partial charge in [0, 0.05) is 5.56 Å². The number of hydrogen-bond donors (Lipinski definition) is 1. The van der Waals surface area contributed by atoms with Crippen LogP contribution in [-0.2, 0) is 10.7 Å². The summed E-state index contributed by atoms with van der Waals surface area (Å²) in [4.78, 5) is 11.5. The van der Waals surface area contributed by atoms with Gasteiger partial charge in [-0.25, -0.2) is 0 Å². The number of amides is 1. The lowest BCUT2D eigenvalue weighted by atomic mass is 10.1. The Labute approximate surface area is 110 Å². The summed E-state index contributed by atoms with van der Waals surface area (Å²) in [5.41, 5.74) is -0.475. The molecule has 0 radical (unpaired) electrons. The first-order valence-electron chi connectivity index (χ1n) is 5.68. The van der Waals surface area contributed by atoms with Crippen LogP contribution in [0.1, 0.15) is 18.9 Å². The molecule has 0 bridgehead atoms. The molecule has 0 saturated carbocycles. The highest BCUT2D eigenvalue weighted by Crippen LogP contribution is 2.30. The monoisotopic (exact) mass is 268 g/mol. The van der Waals surface area contributed by atoms with Gasteiger partial charge in [0.2, 0.25) is 0 Å². The number of nitriles is 1. The average Bonchev–Trinajstić information content (AvgIpc) is 2.44. The number of rotatable bonds is 5. The third kappa shape index (κ3) is 3.41. The van der Waals surface area contributed by atoms with Crippen LogP contribution in [-0.4, -0.2) is 19.1 Å². The molecule has 1 amide bonds. The summed E-state index contributed by atoms with van der Waals surface area (Å²) in [5.74, 6) is -4.97. The van der Waals surface area contributed by atoms with E-state index < -0.39 is 23.4 Å². The number of hydrogen-bond acceptors (Lipinski definition) is 3. The Kier molecular flexibility index (Phi) is 4.81. The van der Waals surface area contributed by atoms with Gasteiger partial charge in [-0.05, 0) is 18.6 Å². The SMILES string of the molecule is CC[C@H](C#N)NC(=O)C(F)(F)c1cccc(OC)c1. The number of methoxy groups -OCH3 is 1. The van der Waals surface area contributed by atoms with Crippen LogP contribution in [0.5, 0.6) is 5.75 Å². The van der Waals surface area contributed by atoms with Crippen LogP contribution < -0.4 is 10.1 Å². The summed E-state index contributed by atoms with van der Waals surface area (Å²) in [6.07, 6.45) is 0.260. The number of nitrogens with one attached hydrogen (secondary N) is 1. The van der Waals surface area contributed by atoms with Crippen molar-refractivity contribution >= 4 is 5.91 Å². The molecule has 1 atom stereocenters. The van der Waals surface area contributed by atoms with Gasteiger partial charge in [0.1, 0.15) is 11.8 Å². The lowest BCUT2D eigenvalue weighted by Gasteiger charge is -2.18. The maximum absolute atomic E-state index is 13.9. The van der Waals surface area contributed by atoms with Crippen LogP contribution >= 0.6 is 0 Å².